The Hall–Kier alpha value is -3.08. The third-order valence-electron chi connectivity index (χ3n) is 3.49. The average molecular weight is 307 g/mol. The number of anilines is 2. The van der Waals surface area contributed by atoms with Crippen molar-refractivity contribution >= 4 is 34.1 Å². The number of carbonyl (C=O) groups is 2. The van der Waals surface area contributed by atoms with E-state index in [4.69, 9.17) is 0 Å². The van der Waals surface area contributed by atoms with Gasteiger partial charge < -0.3 is 15.6 Å². The zero-order chi connectivity index (χ0) is 16.4. The number of H-pyrrole nitrogens is 1. The third kappa shape index (κ3) is 3.23. The van der Waals surface area contributed by atoms with E-state index in [-0.39, 0.29) is 11.8 Å². The smallest absolute Gasteiger partial charge is 0.255 e. The first-order chi connectivity index (χ1) is 11.0. The van der Waals surface area contributed by atoms with Gasteiger partial charge in [0, 0.05) is 34.8 Å². The number of benzene rings is 2. The Morgan fingerprint density at radius 1 is 1.00 bits per heavy atom. The molecule has 0 fully saturated rings. The van der Waals surface area contributed by atoms with E-state index in [0.29, 0.717) is 11.3 Å². The van der Waals surface area contributed by atoms with Crippen molar-refractivity contribution in [3.8, 4) is 0 Å². The molecule has 0 saturated heterocycles. The van der Waals surface area contributed by atoms with Gasteiger partial charge in [-0.15, -0.1) is 0 Å². The monoisotopic (exact) mass is 307 g/mol. The maximum atomic E-state index is 12.5. The zero-order valence-corrected chi connectivity index (χ0v) is 12.9. The molecule has 1 aromatic heterocycles. The van der Waals surface area contributed by atoms with Gasteiger partial charge >= 0.3 is 0 Å². The molecule has 23 heavy (non-hydrogen) atoms. The van der Waals surface area contributed by atoms with Crippen molar-refractivity contribution in [3.05, 3.63) is 59.8 Å². The van der Waals surface area contributed by atoms with Gasteiger partial charge in [-0.25, -0.2) is 0 Å². The number of aryl methyl sites for hydroxylation is 1. The molecule has 0 atom stereocenters. The summed E-state index contributed by atoms with van der Waals surface area (Å²) in [5.74, 6) is -0.390. The molecule has 0 bridgehead atoms. The molecule has 0 radical (unpaired) electrons. The molecule has 116 valence electrons. The fourth-order valence-electron chi connectivity index (χ4n) is 2.54. The Balaban J connectivity index is 1.87. The third-order valence-corrected chi connectivity index (χ3v) is 3.49. The number of fused-ring (bicyclic) bond motifs is 1. The van der Waals surface area contributed by atoms with Gasteiger partial charge in [-0.2, -0.15) is 0 Å². The van der Waals surface area contributed by atoms with Crippen molar-refractivity contribution in [1.29, 1.82) is 0 Å². The minimum Gasteiger partial charge on any atom is -0.359 e. The van der Waals surface area contributed by atoms with E-state index in [1.165, 1.54) is 6.92 Å². The van der Waals surface area contributed by atoms with Crippen LogP contribution in [0.15, 0.2) is 48.5 Å². The van der Waals surface area contributed by atoms with Crippen molar-refractivity contribution in [1.82, 2.24) is 4.98 Å². The molecule has 5 nitrogen and oxygen atoms in total. The number of amides is 2. The maximum Gasteiger partial charge on any atom is 0.255 e. The highest BCUT2D eigenvalue weighted by Gasteiger charge is 2.10. The second-order valence-electron chi connectivity index (χ2n) is 5.44. The predicted octanol–water partition coefficient (Wildman–Crippen LogP) is 3.69. The van der Waals surface area contributed by atoms with Gasteiger partial charge in [0.05, 0.1) is 5.69 Å². The number of hydrogen-bond acceptors (Lipinski definition) is 2. The van der Waals surface area contributed by atoms with Gasteiger partial charge in [-0.05, 0) is 43.3 Å². The topological polar surface area (TPSA) is 74.0 Å². The number of aromatic amines is 1. The quantitative estimate of drug-likeness (QED) is 0.690. The normalized spacial score (nSPS) is 10.5. The minimum atomic E-state index is -0.219. The van der Waals surface area contributed by atoms with Crippen LogP contribution in [-0.4, -0.2) is 16.8 Å². The number of hydrogen-bond donors (Lipinski definition) is 3. The SMILES string of the molecule is CC(=O)Nc1cccc(C(=O)Nc2cccc3[nH]c(C)cc23)c1. The van der Waals surface area contributed by atoms with Gasteiger partial charge in [0.25, 0.3) is 5.91 Å². The van der Waals surface area contributed by atoms with Crippen molar-refractivity contribution in [2.45, 2.75) is 13.8 Å². The van der Waals surface area contributed by atoms with Crippen molar-refractivity contribution < 1.29 is 9.59 Å². The Kier molecular flexibility index (Phi) is 3.85. The fourth-order valence-corrected chi connectivity index (χ4v) is 2.54. The zero-order valence-electron chi connectivity index (χ0n) is 12.9. The lowest BCUT2D eigenvalue weighted by molar-refractivity contribution is -0.114. The van der Waals surface area contributed by atoms with Crippen LogP contribution in [0.3, 0.4) is 0 Å². The Morgan fingerprint density at radius 3 is 2.57 bits per heavy atom. The van der Waals surface area contributed by atoms with Crippen LogP contribution < -0.4 is 10.6 Å². The van der Waals surface area contributed by atoms with E-state index in [0.717, 1.165) is 22.3 Å². The summed E-state index contributed by atoms with van der Waals surface area (Å²) in [4.78, 5) is 26.8. The molecule has 5 heteroatoms. The Morgan fingerprint density at radius 2 is 1.78 bits per heavy atom. The van der Waals surface area contributed by atoms with Gasteiger partial charge in [0.2, 0.25) is 5.91 Å². The van der Waals surface area contributed by atoms with Crippen LogP contribution in [0.1, 0.15) is 23.0 Å². The first-order valence-corrected chi connectivity index (χ1v) is 7.30. The maximum absolute atomic E-state index is 12.5. The van der Waals surface area contributed by atoms with E-state index in [1.807, 2.05) is 31.2 Å². The highest BCUT2D eigenvalue weighted by Crippen LogP contribution is 2.24. The lowest BCUT2D eigenvalue weighted by Crippen LogP contribution is -2.13. The highest BCUT2D eigenvalue weighted by atomic mass is 16.2. The Labute approximate surface area is 133 Å². The van der Waals surface area contributed by atoms with Crippen molar-refractivity contribution in [2.24, 2.45) is 0 Å². The molecule has 2 aromatic carbocycles. The van der Waals surface area contributed by atoms with Crippen molar-refractivity contribution in [3.63, 3.8) is 0 Å². The number of rotatable bonds is 3. The minimum absolute atomic E-state index is 0.171. The first-order valence-electron chi connectivity index (χ1n) is 7.30. The fraction of sp³-hybridized carbons (Fsp3) is 0.111. The molecular weight excluding hydrogens is 290 g/mol. The number of nitrogens with one attached hydrogen (secondary N) is 3. The van der Waals surface area contributed by atoms with Crippen molar-refractivity contribution in [2.75, 3.05) is 10.6 Å². The molecule has 3 N–H and O–H groups in total. The summed E-state index contributed by atoms with van der Waals surface area (Å²) in [6, 6.07) is 14.6. The van der Waals surface area contributed by atoms with Gasteiger partial charge in [-0.3, -0.25) is 9.59 Å². The lowest BCUT2D eigenvalue weighted by atomic mass is 10.1. The molecule has 0 aliphatic carbocycles. The van der Waals surface area contributed by atoms with Gasteiger partial charge in [0.1, 0.15) is 0 Å². The van der Waals surface area contributed by atoms with Crippen LogP contribution in [0.4, 0.5) is 11.4 Å². The number of aromatic nitrogens is 1. The summed E-state index contributed by atoms with van der Waals surface area (Å²) < 4.78 is 0. The second-order valence-corrected chi connectivity index (χ2v) is 5.44. The van der Waals surface area contributed by atoms with Crippen LogP contribution in [0.5, 0.6) is 0 Å². The lowest BCUT2D eigenvalue weighted by Gasteiger charge is -2.08. The van der Waals surface area contributed by atoms with Crippen LogP contribution in [-0.2, 0) is 4.79 Å². The largest absolute Gasteiger partial charge is 0.359 e. The molecule has 0 spiro atoms. The molecule has 3 rings (SSSR count). The summed E-state index contributed by atoms with van der Waals surface area (Å²) in [5.41, 5.74) is 3.85. The summed E-state index contributed by atoms with van der Waals surface area (Å²) in [6.45, 7) is 3.41. The predicted molar refractivity (Wildman–Crippen MR) is 91.7 cm³/mol. The van der Waals surface area contributed by atoms with E-state index in [9.17, 15) is 9.59 Å². The standard InChI is InChI=1S/C18H17N3O2/c1-11-9-15-16(19-11)7-4-8-17(15)21-18(23)13-5-3-6-14(10-13)20-12(2)22/h3-10,19H,1-2H3,(H,20,22)(H,21,23). The molecule has 0 aliphatic rings. The molecule has 3 aromatic rings. The molecular formula is C18H17N3O2. The van der Waals surface area contributed by atoms with E-state index in [2.05, 4.69) is 15.6 Å². The van der Waals surface area contributed by atoms with Gasteiger partial charge in [-0.1, -0.05) is 12.1 Å². The van der Waals surface area contributed by atoms with Crippen LogP contribution in [0.2, 0.25) is 0 Å². The van der Waals surface area contributed by atoms with Crippen LogP contribution in [0, 0.1) is 6.92 Å². The van der Waals surface area contributed by atoms with E-state index < -0.39 is 0 Å². The van der Waals surface area contributed by atoms with E-state index in [1.54, 1.807) is 24.3 Å². The average Bonchev–Trinajstić information content (AvgIpc) is 2.88. The summed E-state index contributed by atoms with van der Waals surface area (Å²) in [6.07, 6.45) is 0. The first kappa shape index (κ1) is 14.8. The molecule has 0 unspecified atom stereocenters. The molecule has 0 aliphatic heterocycles. The molecule has 2 amide bonds. The molecule has 0 saturated carbocycles. The Bertz CT molecular complexity index is 896. The van der Waals surface area contributed by atoms with Crippen LogP contribution >= 0.6 is 0 Å². The number of carbonyl (C=O) groups excluding carboxylic acids is 2. The summed E-state index contributed by atoms with van der Waals surface area (Å²) >= 11 is 0. The van der Waals surface area contributed by atoms with Gasteiger partial charge in [0.15, 0.2) is 0 Å². The summed E-state index contributed by atoms with van der Waals surface area (Å²) in [5, 5.41) is 6.57. The molecule has 1 heterocycles. The highest BCUT2D eigenvalue weighted by molar-refractivity contribution is 6.09. The second kappa shape index (κ2) is 5.96. The van der Waals surface area contributed by atoms with E-state index >= 15 is 0 Å². The summed E-state index contributed by atoms with van der Waals surface area (Å²) in [7, 11) is 0. The van der Waals surface area contributed by atoms with Crippen LogP contribution in [0.25, 0.3) is 10.9 Å².